The first-order valence-electron chi connectivity index (χ1n) is 11.7. The van der Waals surface area contributed by atoms with Crippen molar-refractivity contribution >= 4 is 54.9 Å². The van der Waals surface area contributed by atoms with Gasteiger partial charge in [-0.2, -0.15) is 9.78 Å². The number of para-hydroxylation sites is 1. The minimum atomic E-state index is -0.503. The SMILES string of the molecule is Cc1cccc(C(=O)Oc2c(Br)cc(Br)cc2C=Nn2c(-c3cccc(C)c3)nc3ccccc3c2=O)c1. The third-order valence-electron chi connectivity index (χ3n) is 5.83. The number of hydrogen-bond donors (Lipinski definition) is 0. The van der Waals surface area contributed by atoms with Crippen molar-refractivity contribution < 1.29 is 9.53 Å². The van der Waals surface area contributed by atoms with Gasteiger partial charge in [0.05, 0.1) is 27.2 Å². The number of aromatic nitrogens is 2. The van der Waals surface area contributed by atoms with Gasteiger partial charge < -0.3 is 4.74 Å². The minimum Gasteiger partial charge on any atom is -0.421 e. The zero-order valence-electron chi connectivity index (χ0n) is 20.5. The van der Waals surface area contributed by atoms with Gasteiger partial charge in [-0.15, -0.1) is 0 Å². The van der Waals surface area contributed by atoms with E-state index in [2.05, 4.69) is 37.0 Å². The van der Waals surface area contributed by atoms with E-state index >= 15 is 0 Å². The highest BCUT2D eigenvalue weighted by atomic mass is 79.9. The number of benzene rings is 4. The van der Waals surface area contributed by atoms with Crippen LogP contribution in [0.3, 0.4) is 0 Å². The lowest BCUT2D eigenvalue weighted by atomic mass is 10.1. The average molecular weight is 631 g/mol. The lowest BCUT2D eigenvalue weighted by Crippen LogP contribution is -2.20. The summed E-state index contributed by atoms with van der Waals surface area (Å²) in [5.41, 5.74) is 3.92. The summed E-state index contributed by atoms with van der Waals surface area (Å²) in [6, 6.07) is 25.6. The van der Waals surface area contributed by atoms with Crippen LogP contribution in [0.2, 0.25) is 0 Å². The third kappa shape index (κ3) is 5.37. The number of carbonyl (C=O) groups is 1. The van der Waals surface area contributed by atoms with Gasteiger partial charge in [0, 0.05) is 15.6 Å². The molecule has 38 heavy (non-hydrogen) atoms. The maximum absolute atomic E-state index is 13.5. The largest absolute Gasteiger partial charge is 0.421 e. The zero-order chi connectivity index (χ0) is 26.8. The lowest BCUT2D eigenvalue weighted by molar-refractivity contribution is 0.0733. The van der Waals surface area contributed by atoms with Crippen LogP contribution in [0.5, 0.6) is 5.75 Å². The number of aryl methyl sites for hydroxylation is 2. The minimum absolute atomic E-state index is 0.280. The van der Waals surface area contributed by atoms with E-state index in [1.54, 1.807) is 48.5 Å². The van der Waals surface area contributed by atoms with Crippen LogP contribution < -0.4 is 10.3 Å². The number of carbonyl (C=O) groups excluding carboxylic acids is 1. The molecule has 0 radical (unpaired) electrons. The summed E-state index contributed by atoms with van der Waals surface area (Å²) in [5.74, 6) is 0.180. The standard InChI is InChI=1S/C30H21Br2N3O3/c1-18-7-5-9-20(13-18)28-34-26-12-4-3-11-24(26)29(36)35(28)33-17-22-15-23(31)16-25(32)27(22)38-30(37)21-10-6-8-19(2)14-21/h3-17H,1-2H3. The van der Waals surface area contributed by atoms with E-state index in [1.165, 1.54) is 10.9 Å². The van der Waals surface area contributed by atoms with Crippen molar-refractivity contribution in [2.24, 2.45) is 5.10 Å². The van der Waals surface area contributed by atoms with Crippen LogP contribution in [0.1, 0.15) is 27.0 Å². The molecule has 188 valence electrons. The first kappa shape index (κ1) is 25.8. The molecule has 5 rings (SSSR count). The van der Waals surface area contributed by atoms with Crippen LogP contribution in [0.4, 0.5) is 0 Å². The number of halogens is 2. The average Bonchev–Trinajstić information content (AvgIpc) is 2.89. The Bertz CT molecular complexity index is 1790. The molecule has 8 heteroatoms. The summed E-state index contributed by atoms with van der Waals surface area (Å²) in [5, 5.41) is 5.00. The number of hydrogen-bond acceptors (Lipinski definition) is 5. The number of esters is 1. The normalized spacial score (nSPS) is 11.3. The van der Waals surface area contributed by atoms with E-state index in [0.29, 0.717) is 32.3 Å². The van der Waals surface area contributed by atoms with Crippen LogP contribution >= 0.6 is 31.9 Å². The second-order valence-electron chi connectivity index (χ2n) is 8.75. The molecule has 0 bridgehead atoms. The Labute approximate surface area is 235 Å². The van der Waals surface area contributed by atoms with Crippen LogP contribution in [0.25, 0.3) is 22.3 Å². The summed E-state index contributed by atoms with van der Waals surface area (Å²) < 4.78 is 8.36. The van der Waals surface area contributed by atoms with Crippen LogP contribution in [-0.2, 0) is 0 Å². The Morgan fingerprint density at radius 1 is 0.921 bits per heavy atom. The monoisotopic (exact) mass is 629 g/mol. The lowest BCUT2D eigenvalue weighted by Gasteiger charge is -2.12. The first-order chi connectivity index (χ1) is 18.3. The molecule has 6 nitrogen and oxygen atoms in total. The van der Waals surface area contributed by atoms with Crippen LogP contribution in [0.15, 0.2) is 104 Å². The summed E-state index contributed by atoms with van der Waals surface area (Å²) in [6.07, 6.45) is 1.49. The topological polar surface area (TPSA) is 73.5 Å². The Balaban J connectivity index is 1.63. The fourth-order valence-electron chi connectivity index (χ4n) is 4.03. The Morgan fingerprint density at radius 3 is 2.42 bits per heavy atom. The molecule has 0 saturated heterocycles. The van der Waals surface area contributed by atoms with E-state index in [1.807, 2.05) is 50.2 Å². The molecule has 5 aromatic rings. The van der Waals surface area contributed by atoms with Crippen molar-refractivity contribution in [3.63, 3.8) is 0 Å². The number of nitrogens with zero attached hydrogens (tertiary/aromatic N) is 3. The first-order valence-corrected chi connectivity index (χ1v) is 13.3. The highest BCUT2D eigenvalue weighted by Gasteiger charge is 2.17. The highest BCUT2D eigenvalue weighted by Crippen LogP contribution is 2.33. The molecular weight excluding hydrogens is 610 g/mol. The second kappa shape index (κ2) is 10.8. The van der Waals surface area contributed by atoms with Gasteiger partial charge in [-0.1, -0.05) is 69.5 Å². The van der Waals surface area contributed by atoms with Gasteiger partial charge in [0.2, 0.25) is 0 Å². The fourth-order valence-corrected chi connectivity index (χ4v) is 5.37. The number of ether oxygens (including phenoxy) is 1. The van der Waals surface area contributed by atoms with Crippen molar-refractivity contribution in [3.05, 3.63) is 126 Å². The van der Waals surface area contributed by atoms with Crippen molar-refractivity contribution in [3.8, 4) is 17.1 Å². The van der Waals surface area contributed by atoms with Crippen molar-refractivity contribution in [2.45, 2.75) is 13.8 Å². The molecule has 0 amide bonds. The molecule has 0 unspecified atom stereocenters. The van der Waals surface area contributed by atoms with Gasteiger partial charge in [-0.05, 0) is 72.2 Å². The molecule has 0 N–H and O–H groups in total. The Hall–Kier alpha value is -3.88. The van der Waals surface area contributed by atoms with Gasteiger partial charge >= 0.3 is 5.97 Å². The van der Waals surface area contributed by atoms with Gasteiger partial charge in [0.1, 0.15) is 0 Å². The molecule has 0 aliphatic carbocycles. The molecule has 0 saturated carbocycles. The highest BCUT2D eigenvalue weighted by molar-refractivity contribution is 9.11. The molecule has 0 fully saturated rings. The van der Waals surface area contributed by atoms with Gasteiger partial charge in [0.15, 0.2) is 11.6 Å². The van der Waals surface area contributed by atoms with Crippen molar-refractivity contribution in [1.29, 1.82) is 0 Å². The molecular formula is C30H21Br2N3O3. The predicted octanol–water partition coefficient (Wildman–Crippen LogP) is 7.31. The number of fused-ring (bicyclic) bond motifs is 1. The third-order valence-corrected chi connectivity index (χ3v) is 6.87. The zero-order valence-corrected chi connectivity index (χ0v) is 23.7. The smallest absolute Gasteiger partial charge is 0.343 e. The maximum atomic E-state index is 13.5. The maximum Gasteiger partial charge on any atom is 0.343 e. The molecule has 0 spiro atoms. The predicted molar refractivity (Wildman–Crippen MR) is 157 cm³/mol. The molecule has 0 aliphatic rings. The summed E-state index contributed by atoms with van der Waals surface area (Å²) in [6.45, 7) is 3.88. The Kier molecular flexibility index (Phi) is 7.35. The summed E-state index contributed by atoms with van der Waals surface area (Å²) in [4.78, 5) is 31.2. The second-order valence-corrected chi connectivity index (χ2v) is 10.5. The molecule has 1 heterocycles. The van der Waals surface area contributed by atoms with Gasteiger partial charge in [-0.3, -0.25) is 4.79 Å². The summed E-state index contributed by atoms with van der Waals surface area (Å²) in [7, 11) is 0. The molecule has 0 aliphatic heterocycles. The van der Waals surface area contributed by atoms with E-state index in [9.17, 15) is 9.59 Å². The number of rotatable bonds is 5. The van der Waals surface area contributed by atoms with E-state index in [-0.39, 0.29) is 11.3 Å². The van der Waals surface area contributed by atoms with Gasteiger partial charge in [-0.25, -0.2) is 9.78 Å². The summed E-state index contributed by atoms with van der Waals surface area (Å²) >= 11 is 6.98. The van der Waals surface area contributed by atoms with Gasteiger partial charge in [0.25, 0.3) is 5.56 Å². The van der Waals surface area contributed by atoms with E-state index < -0.39 is 5.97 Å². The molecule has 4 aromatic carbocycles. The Morgan fingerprint density at radius 2 is 1.66 bits per heavy atom. The van der Waals surface area contributed by atoms with Crippen molar-refractivity contribution in [2.75, 3.05) is 0 Å². The van der Waals surface area contributed by atoms with Crippen LogP contribution in [0, 0.1) is 13.8 Å². The fraction of sp³-hybridized carbons (Fsp3) is 0.0667. The van der Waals surface area contributed by atoms with Crippen LogP contribution in [-0.4, -0.2) is 21.8 Å². The molecule has 0 atom stereocenters. The van der Waals surface area contributed by atoms with E-state index in [0.717, 1.165) is 21.2 Å². The van der Waals surface area contributed by atoms with Crippen molar-refractivity contribution in [1.82, 2.24) is 9.66 Å². The quantitative estimate of drug-likeness (QED) is 0.116. The van der Waals surface area contributed by atoms with E-state index in [4.69, 9.17) is 9.72 Å². The molecule has 1 aromatic heterocycles.